The monoisotopic (exact) mass is 231 g/mol. The molecule has 0 aliphatic carbocycles. The van der Waals surface area contributed by atoms with Gasteiger partial charge in [-0.1, -0.05) is 0 Å². The molecule has 0 saturated heterocycles. The third kappa shape index (κ3) is 1.74. The van der Waals surface area contributed by atoms with Gasteiger partial charge in [0.25, 0.3) is 0 Å². The van der Waals surface area contributed by atoms with E-state index in [9.17, 15) is 0 Å². The maximum atomic E-state index is 5.48. The Hall–Kier alpha value is -2.01. The summed E-state index contributed by atoms with van der Waals surface area (Å²) in [5, 5.41) is 5.29. The summed E-state index contributed by atoms with van der Waals surface area (Å²) in [5.74, 6) is 2.38. The van der Waals surface area contributed by atoms with Gasteiger partial charge in [-0.2, -0.15) is 0 Å². The summed E-state index contributed by atoms with van der Waals surface area (Å²) in [6, 6.07) is 5.86. The summed E-state index contributed by atoms with van der Waals surface area (Å²) in [6.07, 6.45) is 1.77. The summed E-state index contributed by atoms with van der Waals surface area (Å²) in [5.41, 5.74) is 5.48. The molecule has 5 heteroatoms. The number of benzene rings is 1. The van der Waals surface area contributed by atoms with Gasteiger partial charge in [-0.15, -0.1) is 0 Å². The summed E-state index contributed by atoms with van der Waals surface area (Å²) in [7, 11) is 0. The third-order valence-corrected chi connectivity index (χ3v) is 2.69. The largest absolute Gasteiger partial charge is 0.454 e. The molecule has 3 N–H and O–H groups in total. The molecule has 0 radical (unpaired) electrons. The number of pyridine rings is 1. The average Bonchev–Trinajstić information content (AvgIpc) is 2.80. The average molecular weight is 231 g/mol. The van der Waals surface area contributed by atoms with E-state index >= 15 is 0 Å². The van der Waals surface area contributed by atoms with Gasteiger partial charge in [-0.05, 0) is 23.6 Å². The molecule has 88 valence electrons. The minimum absolute atomic E-state index is 0.282. The van der Waals surface area contributed by atoms with Crippen LogP contribution in [0.25, 0.3) is 10.8 Å². The van der Waals surface area contributed by atoms with E-state index in [-0.39, 0.29) is 6.79 Å². The van der Waals surface area contributed by atoms with Gasteiger partial charge < -0.3 is 20.5 Å². The van der Waals surface area contributed by atoms with Crippen LogP contribution in [0.1, 0.15) is 0 Å². The van der Waals surface area contributed by atoms with Crippen molar-refractivity contribution in [1.29, 1.82) is 0 Å². The Morgan fingerprint density at radius 1 is 1.29 bits per heavy atom. The molecule has 0 spiro atoms. The Morgan fingerprint density at radius 3 is 2.94 bits per heavy atom. The summed E-state index contributed by atoms with van der Waals surface area (Å²) < 4.78 is 10.7. The highest BCUT2D eigenvalue weighted by Crippen LogP contribution is 2.37. The Kier molecular flexibility index (Phi) is 2.45. The van der Waals surface area contributed by atoms with Crippen molar-refractivity contribution >= 4 is 16.6 Å². The van der Waals surface area contributed by atoms with Gasteiger partial charge in [0.15, 0.2) is 11.5 Å². The number of aromatic nitrogens is 1. The van der Waals surface area contributed by atoms with Gasteiger partial charge in [-0.3, -0.25) is 0 Å². The summed E-state index contributed by atoms with van der Waals surface area (Å²) >= 11 is 0. The highest BCUT2D eigenvalue weighted by atomic mass is 16.7. The smallest absolute Gasteiger partial charge is 0.231 e. The van der Waals surface area contributed by atoms with Crippen LogP contribution in [-0.2, 0) is 0 Å². The molecule has 1 aliphatic rings. The van der Waals surface area contributed by atoms with Gasteiger partial charge in [-0.25, -0.2) is 4.98 Å². The van der Waals surface area contributed by atoms with Crippen LogP contribution in [0.3, 0.4) is 0 Å². The Labute approximate surface area is 98.5 Å². The molecular formula is C12H13N3O2. The molecule has 0 saturated carbocycles. The van der Waals surface area contributed by atoms with Crippen LogP contribution in [0.5, 0.6) is 11.5 Å². The zero-order valence-electron chi connectivity index (χ0n) is 9.27. The molecule has 0 unspecified atom stereocenters. The number of nitrogens with one attached hydrogen (secondary N) is 1. The lowest BCUT2D eigenvalue weighted by atomic mass is 10.1. The lowest BCUT2D eigenvalue weighted by Crippen LogP contribution is -2.13. The van der Waals surface area contributed by atoms with E-state index in [1.54, 1.807) is 6.20 Å². The minimum Gasteiger partial charge on any atom is -0.454 e. The molecule has 1 aromatic heterocycles. The number of ether oxygens (including phenoxy) is 2. The fourth-order valence-electron chi connectivity index (χ4n) is 1.89. The van der Waals surface area contributed by atoms with Gasteiger partial charge in [0.05, 0.1) is 0 Å². The number of rotatable bonds is 3. The zero-order valence-corrected chi connectivity index (χ0v) is 9.27. The maximum Gasteiger partial charge on any atom is 0.231 e. The molecule has 3 rings (SSSR count). The minimum atomic E-state index is 0.282. The first-order valence-corrected chi connectivity index (χ1v) is 5.51. The quantitative estimate of drug-likeness (QED) is 0.834. The molecule has 17 heavy (non-hydrogen) atoms. The molecule has 1 aromatic carbocycles. The number of fused-ring (bicyclic) bond motifs is 2. The van der Waals surface area contributed by atoms with Crippen LogP contribution in [-0.4, -0.2) is 24.9 Å². The third-order valence-electron chi connectivity index (χ3n) is 2.69. The SMILES string of the molecule is NCCNc1nccc2cc3c(cc12)OCO3. The normalized spacial score (nSPS) is 13.0. The molecule has 0 amide bonds. The second kappa shape index (κ2) is 4.10. The number of anilines is 1. The Morgan fingerprint density at radius 2 is 2.12 bits per heavy atom. The van der Waals surface area contributed by atoms with Crippen molar-refractivity contribution in [2.45, 2.75) is 0 Å². The Balaban J connectivity index is 2.11. The van der Waals surface area contributed by atoms with Crippen LogP contribution in [0.15, 0.2) is 24.4 Å². The second-order valence-electron chi connectivity index (χ2n) is 3.80. The molecule has 1 aliphatic heterocycles. The van der Waals surface area contributed by atoms with Gasteiger partial charge in [0.1, 0.15) is 5.82 Å². The topological polar surface area (TPSA) is 69.4 Å². The first kappa shape index (κ1) is 10.2. The molecule has 5 nitrogen and oxygen atoms in total. The molecule has 2 aromatic rings. The predicted molar refractivity (Wildman–Crippen MR) is 65.4 cm³/mol. The molecular weight excluding hydrogens is 218 g/mol. The van der Waals surface area contributed by atoms with Crippen LogP contribution in [0.2, 0.25) is 0 Å². The number of nitrogens with two attached hydrogens (primary N) is 1. The van der Waals surface area contributed by atoms with E-state index in [2.05, 4.69) is 10.3 Å². The maximum absolute atomic E-state index is 5.48. The molecule has 0 bridgehead atoms. The van der Waals surface area contributed by atoms with Crippen molar-refractivity contribution in [3.05, 3.63) is 24.4 Å². The molecule has 0 fully saturated rings. The molecule has 0 atom stereocenters. The van der Waals surface area contributed by atoms with Crippen molar-refractivity contribution in [1.82, 2.24) is 4.98 Å². The lowest BCUT2D eigenvalue weighted by Gasteiger charge is -2.08. The van der Waals surface area contributed by atoms with E-state index in [1.807, 2.05) is 18.2 Å². The van der Waals surface area contributed by atoms with Crippen LogP contribution in [0.4, 0.5) is 5.82 Å². The summed E-state index contributed by atoms with van der Waals surface area (Å²) in [4.78, 5) is 4.31. The van der Waals surface area contributed by atoms with Gasteiger partial charge in [0.2, 0.25) is 6.79 Å². The van der Waals surface area contributed by atoms with Crippen LogP contribution in [0, 0.1) is 0 Å². The van der Waals surface area contributed by atoms with Crippen molar-refractivity contribution in [2.24, 2.45) is 5.73 Å². The first-order valence-electron chi connectivity index (χ1n) is 5.51. The molecule has 2 heterocycles. The van der Waals surface area contributed by atoms with Crippen LogP contribution < -0.4 is 20.5 Å². The summed E-state index contributed by atoms with van der Waals surface area (Å²) in [6.45, 7) is 1.55. The van der Waals surface area contributed by atoms with E-state index in [4.69, 9.17) is 15.2 Å². The number of hydrogen-bond acceptors (Lipinski definition) is 5. The van der Waals surface area contributed by atoms with E-state index < -0.39 is 0 Å². The highest BCUT2D eigenvalue weighted by Gasteiger charge is 2.15. The van der Waals surface area contributed by atoms with Crippen molar-refractivity contribution in [2.75, 3.05) is 25.2 Å². The zero-order chi connectivity index (χ0) is 11.7. The van der Waals surface area contributed by atoms with E-state index in [0.29, 0.717) is 13.1 Å². The van der Waals surface area contributed by atoms with Crippen molar-refractivity contribution in [3.8, 4) is 11.5 Å². The van der Waals surface area contributed by atoms with E-state index in [1.165, 1.54) is 0 Å². The fraction of sp³-hybridized carbons (Fsp3) is 0.250. The van der Waals surface area contributed by atoms with Crippen molar-refractivity contribution in [3.63, 3.8) is 0 Å². The fourth-order valence-corrected chi connectivity index (χ4v) is 1.89. The first-order chi connectivity index (χ1) is 8.38. The highest BCUT2D eigenvalue weighted by molar-refractivity contribution is 5.94. The predicted octanol–water partition coefficient (Wildman–Crippen LogP) is 1.33. The second-order valence-corrected chi connectivity index (χ2v) is 3.80. The number of hydrogen-bond donors (Lipinski definition) is 2. The van der Waals surface area contributed by atoms with Crippen LogP contribution >= 0.6 is 0 Å². The van der Waals surface area contributed by atoms with Gasteiger partial charge >= 0.3 is 0 Å². The Bertz CT molecular complexity index is 557. The number of nitrogens with zero attached hydrogens (tertiary/aromatic N) is 1. The lowest BCUT2D eigenvalue weighted by molar-refractivity contribution is 0.174. The van der Waals surface area contributed by atoms with E-state index in [0.717, 1.165) is 28.1 Å². The van der Waals surface area contributed by atoms with Crippen molar-refractivity contribution < 1.29 is 9.47 Å². The van der Waals surface area contributed by atoms with Gasteiger partial charge in [0, 0.05) is 24.7 Å². The standard InChI is InChI=1S/C12H13N3O2/c13-2-4-15-12-9-6-11-10(16-7-17-11)5-8(9)1-3-14-12/h1,3,5-6H,2,4,7,13H2,(H,14,15).